The van der Waals surface area contributed by atoms with Crippen molar-refractivity contribution in [3.8, 4) is 0 Å². The summed E-state index contributed by atoms with van der Waals surface area (Å²) in [4.78, 5) is 17.9. The van der Waals surface area contributed by atoms with E-state index in [9.17, 15) is 15.0 Å². The molecule has 1 saturated carbocycles. The number of nitrogens with zero attached hydrogens (tertiary/aromatic N) is 4. The number of carboxylic acid groups (broad SMARTS) is 1. The molecule has 4 rings (SSSR count). The third kappa shape index (κ3) is 3.94. The van der Waals surface area contributed by atoms with Crippen LogP contribution in [-0.4, -0.2) is 62.8 Å². The first kappa shape index (κ1) is 19.4. The Morgan fingerprint density at radius 2 is 2.21 bits per heavy atom. The van der Waals surface area contributed by atoms with Crippen LogP contribution in [0.15, 0.2) is 16.7 Å². The molecule has 2 aromatic heterocycles. The van der Waals surface area contributed by atoms with E-state index in [4.69, 9.17) is 4.74 Å². The number of fused-ring (bicyclic) bond motifs is 1. The minimum Gasteiger partial charge on any atom is -0.465 e. The summed E-state index contributed by atoms with van der Waals surface area (Å²) < 4.78 is 7.60. The highest BCUT2D eigenvalue weighted by atomic mass is 79.9. The molecule has 0 radical (unpaired) electrons. The molecule has 2 fully saturated rings. The van der Waals surface area contributed by atoms with Crippen molar-refractivity contribution in [1.82, 2.24) is 14.6 Å². The average molecular weight is 454 g/mol. The zero-order valence-corrected chi connectivity index (χ0v) is 17.0. The van der Waals surface area contributed by atoms with Gasteiger partial charge in [-0.2, -0.15) is 9.61 Å². The lowest BCUT2D eigenvalue weighted by atomic mass is 9.92. The fourth-order valence-electron chi connectivity index (χ4n) is 3.91. The van der Waals surface area contributed by atoms with Crippen molar-refractivity contribution in [3.63, 3.8) is 0 Å². The third-order valence-electron chi connectivity index (χ3n) is 5.44. The van der Waals surface area contributed by atoms with E-state index in [1.165, 1.54) is 9.42 Å². The number of aliphatic hydroxyl groups is 1. The highest BCUT2D eigenvalue weighted by Crippen LogP contribution is 2.29. The first-order chi connectivity index (χ1) is 13.5. The van der Waals surface area contributed by atoms with E-state index in [1.54, 1.807) is 12.3 Å². The van der Waals surface area contributed by atoms with Crippen molar-refractivity contribution in [2.45, 2.75) is 44.2 Å². The van der Waals surface area contributed by atoms with Gasteiger partial charge in [-0.25, -0.2) is 9.78 Å². The van der Waals surface area contributed by atoms with E-state index < -0.39 is 12.2 Å². The van der Waals surface area contributed by atoms with Gasteiger partial charge in [-0.05, 0) is 35.2 Å². The van der Waals surface area contributed by atoms with Crippen LogP contribution < -0.4 is 10.2 Å². The zero-order valence-electron chi connectivity index (χ0n) is 15.4. The number of aromatic nitrogens is 3. The average Bonchev–Trinajstić information content (AvgIpc) is 3.31. The second kappa shape index (κ2) is 8.22. The molecule has 3 atom stereocenters. The standard InChI is InChI=1S/C18H24BrN5O4/c19-12-8-20-24-16(23(18(26)27)9-11-5-6-28-10-11)7-15(22-17(12)24)21-13-3-1-2-4-14(13)25/h7-8,11,13-14,25H,1-6,9-10H2,(H,21,22)(H,26,27)/t11?,13-,14+/m0/s1. The third-order valence-corrected chi connectivity index (χ3v) is 6.00. The van der Waals surface area contributed by atoms with Gasteiger partial charge in [0.05, 0.1) is 29.4 Å². The molecule has 152 valence electrons. The van der Waals surface area contributed by atoms with E-state index in [-0.39, 0.29) is 12.0 Å². The van der Waals surface area contributed by atoms with E-state index >= 15 is 0 Å². The van der Waals surface area contributed by atoms with Gasteiger partial charge in [0.2, 0.25) is 0 Å². The summed E-state index contributed by atoms with van der Waals surface area (Å²) in [5.74, 6) is 1.10. The first-order valence-electron chi connectivity index (χ1n) is 9.60. The maximum absolute atomic E-state index is 12.0. The normalized spacial score (nSPS) is 25.1. The van der Waals surface area contributed by atoms with Crippen molar-refractivity contribution in [2.75, 3.05) is 30.0 Å². The number of halogens is 1. The Balaban J connectivity index is 1.69. The summed E-state index contributed by atoms with van der Waals surface area (Å²) in [6.07, 6.45) is 4.62. The van der Waals surface area contributed by atoms with Gasteiger partial charge in [-0.15, -0.1) is 0 Å². The number of ether oxygens (including phenoxy) is 1. The van der Waals surface area contributed by atoms with E-state index in [0.29, 0.717) is 41.5 Å². The van der Waals surface area contributed by atoms with Gasteiger partial charge < -0.3 is 20.3 Å². The van der Waals surface area contributed by atoms with Crippen LogP contribution in [0, 0.1) is 5.92 Å². The van der Waals surface area contributed by atoms with Gasteiger partial charge in [0.1, 0.15) is 11.6 Å². The number of rotatable bonds is 5. The molecule has 3 N–H and O–H groups in total. The van der Waals surface area contributed by atoms with Gasteiger partial charge in [0.25, 0.3) is 0 Å². The second-order valence-corrected chi connectivity index (χ2v) is 8.31. The van der Waals surface area contributed by atoms with E-state index in [0.717, 1.165) is 32.1 Å². The number of anilines is 2. The van der Waals surface area contributed by atoms with Gasteiger partial charge in [0, 0.05) is 25.1 Å². The molecular weight excluding hydrogens is 430 g/mol. The molecule has 0 spiro atoms. The molecule has 28 heavy (non-hydrogen) atoms. The number of aliphatic hydroxyl groups excluding tert-OH is 1. The predicted octanol–water partition coefficient (Wildman–Crippen LogP) is 2.73. The van der Waals surface area contributed by atoms with Gasteiger partial charge in [0.15, 0.2) is 5.65 Å². The zero-order chi connectivity index (χ0) is 19.7. The molecule has 1 unspecified atom stereocenters. The number of nitrogens with one attached hydrogen (secondary N) is 1. The molecular formula is C18H24BrN5O4. The molecule has 0 bridgehead atoms. The Hall–Kier alpha value is -1.91. The lowest BCUT2D eigenvalue weighted by Gasteiger charge is -2.29. The van der Waals surface area contributed by atoms with Crippen LogP contribution in [0.1, 0.15) is 32.1 Å². The Morgan fingerprint density at radius 3 is 2.93 bits per heavy atom. The van der Waals surface area contributed by atoms with Crippen molar-refractivity contribution in [2.24, 2.45) is 5.92 Å². The quantitative estimate of drug-likeness (QED) is 0.637. The maximum Gasteiger partial charge on any atom is 0.413 e. The fourth-order valence-corrected chi connectivity index (χ4v) is 4.26. The molecule has 3 heterocycles. The van der Waals surface area contributed by atoms with Gasteiger partial charge in [-0.3, -0.25) is 4.90 Å². The Bertz CT molecular complexity index is 854. The molecule has 10 heteroatoms. The van der Waals surface area contributed by atoms with Crippen molar-refractivity contribution >= 4 is 39.3 Å². The predicted molar refractivity (Wildman–Crippen MR) is 107 cm³/mol. The molecule has 1 aliphatic heterocycles. The van der Waals surface area contributed by atoms with Gasteiger partial charge in [-0.1, -0.05) is 12.8 Å². The lowest BCUT2D eigenvalue weighted by Crippen LogP contribution is -2.38. The SMILES string of the molecule is O=C(O)N(CC1CCOC1)c1cc(N[C@H]2CCCC[C@H]2O)nc2c(Br)cnn12. The second-order valence-electron chi connectivity index (χ2n) is 7.45. The fraction of sp³-hybridized carbons (Fsp3) is 0.611. The van der Waals surface area contributed by atoms with Crippen LogP contribution in [0.25, 0.3) is 5.65 Å². The van der Waals surface area contributed by atoms with Crippen molar-refractivity contribution in [1.29, 1.82) is 0 Å². The summed E-state index contributed by atoms with van der Waals surface area (Å²) in [7, 11) is 0. The smallest absolute Gasteiger partial charge is 0.413 e. The molecule has 9 nitrogen and oxygen atoms in total. The first-order valence-corrected chi connectivity index (χ1v) is 10.4. The molecule has 2 aliphatic rings. The van der Waals surface area contributed by atoms with Crippen LogP contribution in [-0.2, 0) is 4.74 Å². The number of hydrogen-bond acceptors (Lipinski definition) is 6. The van der Waals surface area contributed by atoms with Crippen LogP contribution in [0.3, 0.4) is 0 Å². The number of hydrogen-bond donors (Lipinski definition) is 3. The minimum absolute atomic E-state index is 0.0974. The lowest BCUT2D eigenvalue weighted by molar-refractivity contribution is 0.116. The molecule has 2 aromatic rings. The molecule has 1 saturated heterocycles. The number of amides is 1. The topological polar surface area (TPSA) is 112 Å². The largest absolute Gasteiger partial charge is 0.465 e. The van der Waals surface area contributed by atoms with E-state index in [2.05, 4.69) is 31.3 Å². The molecule has 0 aromatic carbocycles. The van der Waals surface area contributed by atoms with Crippen LogP contribution in [0.5, 0.6) is 0 Å². The van der Waals surface area contributed by atoms with Gasteiger partial charge >= 0.3 is 6.09 Å². The molecule has 1 amide bonds. The van der Waals surface area contributed by atoms with E-state index in [1.807, 2.05) is 0 Å². The minimum atomic E-state index is -1.05. The monoisotopic (exact) mass is 453 g/mol. The Labute approximate surface area is 170 Å². The molecule has 1 aliphatic carbocycles. The van der Waals surface area contributed by atoms with Crippen LogP contribution in [0.2, 0.25) is 0 Å². The Morgan fingerprint density at radius 1 is 1.39 bits per heavy atom. The number of carbonyl (C=O) groups is 1. The van der Waals surface area contributed by atoms with Crippen molar-refractivity contribution < 1.29 is 19.7 Å². The van der Waals surface area contributed by atoms with Crippen molar-refractivity contribution in [3.05, 3.63) is 16.7 Å². The summed E-state index contributed by atoms with van der Waals surface area (Å²) in [5, 5.41) is 27.7. The highest BCUT2D eigenvalue weighted by Gasteiger charge is 2.28. The highest BCUT2D eigenvalue weighted by molar-refractivity contribution is 9.10. The summed E-state index contributed by atoms with van der Waals surface area (Å²) >= 11 is 3.44. The summed E-state index contributed by atoms with van der Waals surface area (Å²) in [6.45, 7) is 1.54. The van der Waals surface area contributed by atoms with Crippen LogP contribution in [0.4, 0.5) is 16.4 Å². The van der Waals surface area contributed by atoms with Crippen LogP contribution >= 0.6 is 15.9 Å². The summed E-state index contributed by atoms with van der Waals surface area (Å²) in [5.41, 5.74) is 0.527. The Kier molecular flexibility index (Phi) is 5.70. The summed E-state index contributed by atoms with van der Waals surface area (Å²) in [6, 6.07) is 1.59. The maximum atomic E-state index is 12.0.